The smallest absolute Gasteiger partial charge is 0.00719 e. The van der Waals surface area contributed by atoms with Gasteiger partial charge in [0.15, 0.2) is 0 Å². The number of rotatable bonds is 6. The van der Waals surface area contributed by atoms with Gasteiger partial charge < -0.3 is 5.32 Å². The summed E-state index contributed by atoms with van der Waals surface area (Å²) in [6, 6.07) is 10.8. The zero-order chi connectivity index (χ0) is 12.7. The maximum Gasteiger partial charge on any atom is 0.00719 e. The second kappa shape index (κ2) is 7.20. The Bertz CT molecular complexity index is 325. The summed E-state index contributed by atoms with van der Waals surface area (Å²) in [4.78, 5) is 1.41. The first-order valence-corrected chi connectivity index (χ1v) is 8.16. The van der Waals surface area contributed by atoms with E-state index in [4.69, 9.17) is 0 Å². The van der Waals surface area contributed by atoms with Crippen LogP contribution in [0.3, 0.4) is 0 Å². The molecule has 0 heterocycles. The van der Waals surface area contributed by atoms with Crippen molar-refractivity contribution in [3.8, 4) is 0 Å². The van der Waals surface area contributed by atoms with E-state index in [0.29, 0.717) is 5.41 Å². The molecular weight excluding hydrogens is 238 g/mol. The molecule has 1 aromatic carbocycles. The number of benzene rings is 1. The van der Waals surface area contributed by atoms with E-state index >= 15 is 0 Å². The first kappa shape index (κ1) is 14.0. The lowest BCUT2D eigenvalue weighted by Crippen LogP contribution is -2.35. The van der Waals surface area contributed by atoms with Gasteiger partial charge in [-0.3, -0.25) is 0 Å². The van der Waals surface area contributed by atoms with Crippen LogP contribution in [-0.4, -0.2) is 19.3 Å². The van der Waals surface area contributed by atoms with E-state index in [1.54, 1.807) is 0 Å². The molecule has 2 rings (SSSR count). The average Bonchev–Trinajstić information content (AvgIpc) is 2.41. The molecule has 1 nitrogen and oxygen atoms in total. The maximum absolute atomic E-state index is 3.42. The summed E-state index contributed by atoms with van der Waals surface area (Å²) in [5.41, 5.74) is 0.578. The minimum Gasteiger partial charge on any atom is -0.319 e. The van der Waals surface area contributed by atoms with Gasteiger partial charge in [0.25, 0.3) is 0 Å². The molecule has 0 bridgehead atoms. The Morgan fingerprint density at radius 3 is 2.50 bits per heavy atom. The van der Waals surface area contributed by atoms with Gasteiger partial charge in [0, 0.05) is 11.4 Å². The van der Waals surface area contributed by atoms with Crippen molar-refractivity contribution in [3.05, 3.63) is 30.3 Å². The van der Waals surface area contributed by atoms with E-state index in [2.05, 4.69) is 42.7 Å². The van der Waals surface area contributed by atoms with Crippen molar-refractivity contribution < 1.29 is 0 Å². The van der Waals surface area contributed by atoms with E-state index in [0.717, 1.165) is 0 Å². The van der Waals surface area contributed by atoms with Gasteiger partial charge in [-0.1, -0.05) is 37.5 Å². The fraction of sp³-hybridized carbons (Fsp3) is 0.625. The van der Waals surface area contributed by atoms with Gasteiger partial charge >= 0.3 is 0 Å². The monoisotopic (exact) mass is 263 g/mol. The van der Waals surface area contributed by atoms with Gasteiger partial charge in [0.05, 0.1) is 0 Å². The molecule has 2 heteroatoms. The zero-order valence-electron chi connectivity index (χ0n) is 11.5. The third-order valence-corrected chi connectivity index (χ3v) is 5.12. The minimum absolute atomic E-state index is 0.578. The highest BCUT2D eigenvalue weighted by Gasteiger charge is 2.30. The van der Waals surface area contributed by atoms with Crippen LogP contribution in [0.2, 0.25) is 0 Å². The quantitative estimate of drug-likeness (QED) is 0.766. The molecule has 1 aliphatic rings. The molecule has 1 aliphatic carbocycles. The van der Waals surface area contributed by atoms with Crippen LogP contribution in [0, 0.1) is 5.41 Å². The highest BCUT2D eigenvalue weighted by molar-refractivity contribution is 7.99. The Labute approximate surface area is 116 Å². The van der Waals surface area contributed by atoms with Crippen LogP contribution in [0.15, 0.2) is 35.2 Å². The van der Waals surface area contributed by atoms with Crippen molar-refractivity contribution in [1.29, 1.82) is 0 Å². The third-order valence-electron chi connectivity index (χ3n) is 4.11. The number of nitrogens with one attached hydrogen (secondary N) is 1. The van der Waals surface area contributed by atoms with Crippen LogP contribution in [0.4, 0.5) is 0 Å². The van der Waals surface area contributed by atoms with Crippen LogP contribution in [0.25, 0.3) is 0 Å². The summed E-state index contributed by atoms with van der Waals surface area (Å²) in [5.74, 6) is 1.26. The molecule has 1 saturated carbocycles. The van der Waals surface area contributed by atoms with Crippen LogP contribution >= 0.6 is 11.8 Å². The van der Waals surface area contributed by atoms with Crippen molar-refractivity contribution in [2.45, 2.75) is 43.4 Å². The lowest BCUT2D eigenvalue weighted by molar-refractivity contribution is 0.180. The highest BCUT2D eigenvalue weighted by atomic mass is 32.2. The summed E-state index contributed by atoms with van der Waals surface area (Å²) in [7, 11) is 2.10. The van der Waals surface area contributed by atoms with Gasteiger partial charge in [-0.15, -0.1) is 11.8 Å². The van der Waals surface area contributed by atoms with E-state index in [-0.39, 0.29) is 0 Å². The van der Waals surface area contributed by atoms with Gasteiger partial charge in [0.1, 0.15) is 0 Å². The fourth-order valence-electron chi connectivity index (χ4n) is 3.09. The molecule has 0 spiro atoms. The molecule has 1 fully saturated rings. The lowest BCUT2D eigenvalue weighted by atomic mass is 9.72. The van der Waals surface area contributed by atoms with Crippen molar-refractivity contribution in [2.75, 3.05) is 19.3 Å². The van der Waals surface area contributed by atoms with Crippen LogP contribution in [0.1, 0.15) is 38.5 Å². The Hall–Kier alpha value is -0.470. The molecule has 0 atom stereocenters. The first-order chi connectivity index (χ1) is 8.85. The average molecular weight is 263 g/mol. The predicted octanol–water partition coefficient (Wildman–Crippen LogP) is 4.34. The predicted molar refractivity (Wildman–Crippen MR) is 81.2 cm³/mol. The second-order valence-electron chi connectivity index (χ2n) is 5.50. The van der Waals surface area contributed by atoms with Crippen molar-refractivity contribution >= 4 is 11.8 Å². The molecule has 1 aromatic rings. The molecule has 0 aliphatic heterocycles. The van der Waals surface area contributed by atoms with E-state index < -0.39 is 0 Å². The van der Waals surface area contributed by atoms with Crippen LogP contribution in [0.5, 0.6) is 0 Å². The summed E-state index contributed by atoms with van der Waals surface area (Å²) < 4.78 is 0. The number of hydrogen-bond acceptors (Lipinski definition) is 2. The van der Waals surface area contributed by atoms with Crippen molar-refractivity contribution in [3.63, 3.8) is 0 Å². The van der Waals surface area contributed by atoms with Crippen LogP contribution < -0.4 is 5.32 Å². The van der Waals surface area contributed by atoms with Crippen molar-refractivity contribution in [1.82, 2.24) is 5.32 Å². The van der Waals surface area contributed by atoms with Crippen LogP contribution in [-0.2, 0) is 0 Å². The summed E-state index contributed by atoms with van der Waals surface area (Å²) in [6.45, 7) is 1.20. The van der Waals surface area contributed by atoms with Gasteiger partial charge in [0.2, 0.25) is 0 Å². The summed E-state index contributed by atoms with van der Waals surface area (Å²) in [5, 5.41) is 3.42. The largest absolute Gasteiger partial charge is 0.319 e. The molecule has 1 N–H and O–H groups in total. The standard InChI is InChI=1S/C16H25NS/c1-17-14-16(10-6-3-7-11-16)12-13-18-15-8-4-2-5-9-15/h2,4-5,8-9,17H,3,6-7,10-14H2,1H3. The SMILES string of the molecule is CNCC1(CCSc2ccccc2)CCCCC1. The molecule has 0 amide bonds. The zero-order valence-corrected chi connectivity index (χ0v) is 12.3. The Morgan fingerprint density at radius 1 is 1.11 bits per heavy atom. The Balaban J connectivity index is 1.82. The third kappa shape index (κ3) is 4.03. The topological polar surface area (TPSA) is 12.0 Å². The van der Waals surface area contributed by atoms with Gasteiger partial charge in [-0.25, -0.2) is 0 Å². The van der Waals surface area contributed by atoms with E-state index in [1.807, 2.05) is 11.8 Å². The summed E-state index contributed by atoms with van der Waals surface area (Å²) in [6.07, 6.45) is 8.49. The molecule has 0 unspecified atom stereocenters. The van der Waals surface area contributed by atoms with Gasteiger partial charge in [-0.05, 0) is 49.6 Å². The van der Waals surface area contributed by atoms with E-state index in [1.165, 1.54) is 55.7 Å². The fourth-order valence-corrected chi connectivity index (χ4v) is 4.21. The molecule has 0 radical (unpaired) electrons. The molecule has 0 saturated heterocycles. The second-order valence-corrected chi connectivity index (χ2v) is 6.67. The maximum atomic E-state index is 3.42. The Morgan fingerprint density at radius 2 is 1.83 bits per heavy atom. The van der Waals surface area contributed by atoms with E-state index in [9.17, 15) is 0 Å². The minimum atomic E-state index is 0.578. The lowest BCUT2D eigenvalue weighted by Gasteiger charge is -2.37. The molecular formula is C16H25NS. The molecule has 0 aromatic heterocycles. The molecule has 100 valence electrons. The molecule has 18 heavy (non-hydrogen) atoms. The van der Waals surface area contributed by atoms with Crippen molar-refractivity contribution in [2.24, 2.45) is 5.41 Å². The normalized spacial score (nSPS) is 18.7. The summed E-state index contributed by atoms with van der Waals surface area (Å²) >= 11 is 2.01. The Kier molecular flexibility index (Phi) is 5.58. The number of hydrogen-bond donors (Lipinski definition) is 1. The highest BCUT2D eigenvalue weighted by Crippen LogP contribution is 2.40. The van der Waals surface area contributed by atoms with Gasteiger partial charge in [-0.2, -0.15) is 0 Å². The first-order valence-electron chi connectivity index (χ1n) is 7.17. The number of thioether (sulfide) groups is 1.